The lowest BCUT2D eigenvalue weighted by molar-refractivity contribution is 0.264. The summed E-state index contributed by atoms with van der Waals surface area (Å²) in [6, 6.07) is 7.85. The average molecular weight is 310 g/mol. The fraction of sp³-hybridized carbons (Fsp3) is 0.385. The lowest BCUT2D eigenvalue weighted by atomic mass is 10.2. The highest BCUT2D eigenvalue weighted by atomic mass is 79.9. The van der Waals surface area contributed by atoms with E-state index in [4.69, 9.17) is 4.42 Å². The molecule has 0 saturated carbocycles. The van der Waals surface area contributed by atoms with Gasteiger partial charge in [-0.25, -0.2) is 0 Å². The molecule has 0 radical (unpaired) electrons. The zero-order valence-corrected chi connectivity index (χ0v) is 12.1. The van der Waals surface area contributed by atoms with E-state index in [0.29, 0.717) is 18.3 Å². The highest BCUT2D eigenvalue weighted by Gasteiger charge is 2.11. The van der Waals surface area contributed by atoms with Crippen molar-refractivity contribution in [3.63, 3.8) is 0 Å². The van der Waals surface area contributed by atoms with Crippen molar-refractivity contribution in [3.8, 4) is 11.5 Å². The lowest BCUT2D eigenvalue weighted by Crippen LogP contribution is -2.22. The minimum absolute atomic E-state index is 0.568. The van der Waals surface area contributed by atoms with Gasteiger partial charge in [-0.3, -0.25) is 4.90 Å². The molecule has 0 unspecified atom stereocenters. The van der Waals surface area contributed by atoms with Gasteiger partial charge in [-0.05, 0) is 31.3 Å². The van der Waals surface area contributed by atoms with Crippen molar-refractivity contribution in [1.29, 1.82) is 0 Å². The smallest absolute Gasteiger partial charge is 0.247 e. The first-order valence-corrected chi connectivity index (χ1v) is 6.83. The van der Waals surface area contributed by atoms with Crippen LogP contribution >= 0.6 is 15.9 Å². The Labute approximate surface area is 115 Å². The van der Waals surface area contributed by atoms with Gasteiger partial charge < -0.3 is 4.42 Å². The Bertz CT molecular complexity index is 508. The summed E-state index contributed by atoms with van der Waals surface area (Å²) in [5, 5.41) is 8.17. The molecule has 4 nitrogen and oxygen atoms in total. The van der Waals surface area contributed by atoms with Crippen molar-refractivity contribution >= 4 is 15.9 Å². The fourth-order valence-corrected chi connectivity index (χ4v) is 2.09. The first-order chi connectivity index (χ1) is 8.72. The molecule has 1 aromatic heterocycles. The van der Waals surface area contributed by atoms with Crippen LogP contribution in [0.4, 0.5) is 0 Å². The predicted molar refractivity (Wildman–Crippen MR) is 74.1 cm³/mol. The molecule has 96 valence electrons. The first-order valence-electron chi connectivity index (χ1n) is 6.03. The van der Waals surface area contributed by atoms with Gasteiger partial charge in [0.25, 0.3) is 0 Å². The molecule has 2 aromatic rings. The van der Waals surface area contributed by atoms with Crippen LogP contribution in [0.1, 0.15) is 19.7 Å². The molecule has 0 aliphatic heterocycles. The van der Waals surface area contributed by atoms with Crippen LogP contribution < -0.4 is 0 Å². The Hall–Kier alpha value is -1.20. The molecule has 0 N–H and O–H groups in total. The van der Waals surface area contributed by atoms with Gasteiger partial charge in [-0.1, -0.05) is 35.8 Å². The van der Waals surface area contributed by atoms with Crippen molar-refractivity contribution in [2.45, 2.75) is 20.4 Å². The number of halogens is 1. The topological polar surface area (TPSA) is 42.2 Å². The third kappa shape index (κ3) is 3.17. The van der Waals surface area contributed by atoms with Gasteiger partial charge in [0.1, 0.15) is 0 Å². The Morgan fingerprint density at radius 2 is 2.00 bits per heavy atom. The second-order valence-corrected chi connectivity index (χ2v) is 4.89. The molecule has 0 atom stereocenters. The van der Waals surface area contributed by atoms with Crippen molar-refractivity contribution in [1.82, 2.24) is 15.1 Å². The summed E-state index contributed by atoms with van der Waals surface area (Å²) in [6.45, 7) is 6.90. The standard InChI is InChI=1S/C13H16BrN3O/c1-3-17(4-2)9-12-15-16-13(18-12)10-6-5-7-11(14)8-10/h5-8H,3-4,9H2,1-2H3. The largest absolute Gasteiger partial charge is 0.419 e. The van der Waals surface area contributed by atoms with Gasteiger partial charge in [0.15, 0.2) is 0 Å². The summed E-state index contributed by atoms with van der Waals surface area (Å²) in [5.74, 6) is 1.23. The molecule has 0 saturated heterocycles. The van der Waals surface area contributed by atoms with Gasteiger partial charge in [0.05, 0.1) is 6.54 Å². The van der Waals surface area contributed by atoms with Crippen molar-refractivity contribution < 1.29 is 4.42 Å². The number of nitrogens with zero attached hydrogens (tertiary/aromatic N) is 3. The normalized spacial score (nSPS) is 11.1. The molecule has 0 aliphatic carbocycles. The van der Waals surface area contributed by atoms with E-state index in [2.05, 4.69) is 44.9 Å². The molecule has 1 heterocycles. The van der Waals surface area contributed by atoms with Crippen LogP contribution in [-0.4, -0.2) is 28.2 Å². The van der Waals surface area contributed by atoms with Crippen LogP contribution in [0, 0.1) is 0 Å². The Kier molecular flexibility index (Phi) is 4.49. The van der Waals surface area contributed by atoms with Gasteiger partial charge in [-0.15, -0.1) is 10.2 Å². The fourth-order valence-electron chi connectivity index (χ4n) is 1.69. The third-order valence-corrected chi connectivity index (χ3v) is 3.28. The van der Waals surface area contributed by atoms with E-state index in [1.54, 1.807) is 0 Å². The van der Waals surface area contributed by atoms with Crippen molar-refractivity contribution in [3.05, 3.63) is 34.6 Å². The Morgan fingerprint density at radius 1 is 1.22 bits per heavy atom. The molecular weight excluding hydrogens is 294 g/mol. The molecule has 5 heteroatoms. The van der Waals surface area contributed by atoms with E-state index in [0.717, 1.165) is 23.1 Å². The maximum Gasteiger partial charge on any atom is 0.247 e. The molecule has 2 rings (SSSR count). The van der Waals surface area contributed by atoms with Crippen LogP contribution in [-0.2, 0) is 6.54 Å². The molecular formula is C13H16BrN3O. The van der Waals surface area contributed by atoms with E-state index in [1.165, 1.54) is 0 Å². The molecule has 0 aliphatic rings. The molecule has 0 bridgehead atoms. The second kappa shape index (κ2) is 6.11. The summed E-state index contributed by atoms with van der Waals surface area (Å²) in [7, 11) is 0. The second-order valence-electron chi connectivity index (χ2n) is 3.97. The minimum atomic E-state index is 0.568. The zero-order valence-electron chi connectivity index (χ0n) is 10.6. The lowest BCUT2D eigenvalue weighted by Gasteiger charge is -2.14. The van der Waals surface area contributed by atoms with E-state index in [-0.39, 0.29) is 0 Å². The average Bonchev–Trinajstić information content (AvgIpc) is 2.84. The van der Waals surface area contributed by atoms with Crippen LogP contribution in [0.5, 0.6) is 0 Å². The molecule has 0 amide bonds. The van der Waals surface area contributed by atoms with Crippen molar-refractivity contribution in [2.24, 2.45) is 0 Å². The van der Waals surface area contributed by atoms with E-state index >= 15 is 0 Å². The monoisotopic (exact) mass is 309 g/mol. The van der Waals surface area contributed by atoms with Gasteiger partial charge in [0.2, 0.25) is 11.8 Å². The SMILES string of the molecule is CCN(CC)Cc1nnc(-c2cccc(Br)c2)o1. The maximum absolute atomic E-state index is 5.67. The highest BCUT2D eigenvalue weighted by molar-refractivity contribution is 9.10. The number of aromatic nitrogens is 2. The molecule has 18 heavy (non-hydrogen) atoms. The van der Waals surface area contributed by atoms with Gasteiger partial charge in [-0.2, -0.15) is 0 Å². The van der Waals surface area contributed by atoms with Crippen LogP contribution in [0.3, 0.4) is 0 Å². The number of hydrogen-bond donors (Lipinski definition) is 0. The van der Waals surface area contributed by atoms with Crippen LogP contribution in [0.2, 0.25) is 0 Å². The summed E-state index contributed by atoms with van der Waals surface area (Å²) in [6.07, 6.45) is 0. The van der Waals surface area contributed by atoms with E-state index in [1.807, 2.05) is 24.3 Å². The van der Waals surface area contributed by atoms with Gasteiger partial charge >= 0.3 is 0 Å². The number of rotatable bonds is 5. The quantitative estimate of drug-likeness (QED) is 0.849. The summed E-state index contributed by atoms with van der Waals surface area (Å²) in [5.41, 5.74) is 0.933. The van der Waals surface area contributed by atoms with Gasteiger partial charge in [0, 0.05) is 10.0 Å². The zero-order chi connectivity index (χ0) is 13.0. The summed E-state index contributed by atoms with van der Waals surface area (Å²) in [4.78, 5) is 2.23. The van der Waals surface area contributed by atoms with Crippen LogP contribution in [0.15, 0.2) is 33.2 Å². The molecule has 0 spiro atoms. The summed E-state index contributed by atoms with van der Waals surface area (Å²) >= 11 is 3.43. The van der Waals surface area contributed by atoms with E-state index in [9.17, 15) is 0 Å². The first kappa shape index (κ1) is 13.2. The van der Waals surface area contributed by atoms with E-state index < -0.39 is 0 Å². The third-order valence-electron chi connectivity index (χ3n) is 2.79. The molecule has 0 fully saturated rings. The van der Waals surface area contributed by atoms with Crippen molar-refractivity contribution in [2.75, 3.05) is 13.1 Å². The predicted octanol–water partition coefficient (Wildman–Crippen LogP) is 3.34. The molecule has 1 aromatic carbocycles. The Balaban J connectivity index is 2.15. The minimum Gasteiger partial charge on any atom is -0.419 e. The number of benzene rings is 1. The number of hydrogen-bond acceptors (Lipinski definition) is 4. The maximum atomic E-state index is 5.67. The Morgan fingerprint density at radius 3 is 2.67 bits per heavy atom. The van der Waals surface area contributed by atoms with Crippen LogP contribution in [0.25, 0.3) is 11.5 Å². The highest BCUT2D eigenvalue weighted by Crippen LogP contribution is 2.21. The summed E-state index contributed by atoms with van der Waals surface area (Å²) < 4.78 is 6.68.